The van der Waals surface area contributed by atoms with Gasteiger partial charge < -0.3 is 4.74 Å². The molecule has 25 heavy (non-hydrogen) atoms. The molecule has 1 aromatic carbocycles. The number of rotatable bonds is 9. The van der Waals surface area contributed by atoms with Crippen molar-refractivity contribution in [3.63, 3.8) is 0 Å². The molecule has 0 bridgehead atoms. The van der Waals surface area contributed by atoms with Crippen LogP contribution in [0.3, 0.4) is 0 Å². The third-order valence-electron chi connectivity index (χ3n) is 4.12. The van der Waals surface area contributed by atoms with E-state index >= 15 is 0 Å². The Morgan fingerprint density at radius 3 is 2.88 bits per heavy atom. The Morgan fingerprint density at radius 1 is 1.36 bits per heavy atom. The number of carbonyl (C=O) groups excluding carboxylic acids is 1. The molecule has 3 rings (SSSR count). The Kier molecular flexibility index (Phi) is 5.82. The van der Waals surface area contributed by atoms with Crippen molar-refractivity contribution in [2.45, 2.75) is 44.9 Å². The number of amides is 1. The van der Waals surface area contributed by atoms with E-state index in [9.17, 15) is 4.79 Å². The summed E-state index contributed by atoms with van der Waals surface area (Å²) in [7, 11) is 0. The van der Waals surface area contributed by atoms with Crippen molar-refractivity contribution in [1.82, 2.24) is 15.6 Å². The van der Waals surface area contributed by atoms with E-state index in [-0.39, 0.29) is 5.91 Å². The van der Waals surface area contributed by atoms with Gasteiger partial charge in [-0.3, -0.25) is 9.89 Å². The molecular formula is C19H24N4O2. The normalized spacial score (nSPS) is 14.0. The second-order valence-electron chi connectivity index (χ2n) is 6.31. The quantitative estimate of drug-likeness (QED) is 0.416. The lowest BCUT2D eigenvalue weighted by Gasteiger charge is -2.05. The minimum absolute atomic E-state index is 0.310. The topological polar surface area (TPSA) is 79.4 Å². The lowest BCUT2D eigenvalue weighted by atomic mass is 10.2. The van der Waals surface area contributed by atoms with Gasteiger partial charge in [0.15, 0.2) is 5.69 Å². The van der Waals surface area contributed by atoms with Crippen LogP contribution in [0.5, 0.6) is 5.75 Å². The van der Waals surface area contributed by atoms with Crippen LogP contribution >= 0.6 is 0 Å². The van der Waals surface area contributed by atoms with Gasteiger partial charge in [0, 0.05) is 11.6 Å². The molecule has 0 atom stereocenters. The van der Waals surface area contributed by atoms with E-state index in [0.717, 1.165) is 30.0 Å². The van der Waals surface area contributed by atoms with Crippen molar-refractivity contribution < 1.29 is 9.53 Å². The summed E-state index contributed by atoms with van der Waals surface area (Å²) in [4.78, 5) is 12.0. The van der Waals surface area contributed by atoms with Gasteiger partial charge in [0.1, 0.15) is 5.75 Å². The number of unbranched alkanes of at least 4 members (excludes halogenated alkanes) is 2. The molecule has 1 amide bonds. The van der Waals surface area contributed by atoms with Crippen LogP contribution in [0, 0.1) is 0 Å². The number of hydrogen-bond donors (Lipinski definition) is 2. The van der Waals surface area contributed by atoms with Gasteiger partial charge in [-0.25, -0.2) is 5.43 Å². The van der Waals surface area contributed by atoms with Gasteiger partial charge in [-0.2, -0.15) is 10.2 Å². The van der Waals surface area contributed by atoms with E-state index in [2.05, 4.69) is 27.6 Å². The molecule has 1 saturated carbocycles. The maximum atomic E-state index is 12.0. The highest BCUT2D eigenvalue weighted by Crippen LogP contribution is 2.38. The summed E-state index contributed by atoms with van der Waals surface area (Å²) in [5.74, 6) is 1.08. The lowest BCUT2D eigenvalue weighted by Crippen LogP contribution is -2.18. The average Bonchev–Trinajstić information content (AvgIpc) is 3.36. The van der Waals surface area contributed by atoms with E-state index in [1.807, 2.05) is 24.3 Å². The Bertz CT molecular complexity index is 717. The molecule has 1 heterocycles. The zero-order chi connectivity index (χ0) is 17.5. The maximum Gasteiger partial charge on any atom is 0.291 e. The summed E-state index contributed by atoms with van der Waals surface area (Å²) >= 11 is 0. The zero-order valence-corrected chi connectivity index (χ0v) is 14.5. The molecule has 0 spiro atoms. The van der Waals surface area contributed by atoms with Crippen LogP contribution < -0.4 is 10.2 Å². The van der Waals surface area contributed by atoms with Crippen LogP contribution in [-0.2, 0) is 0 Å². The first-order valence-corrected chi connectivity index (χ1v) is 8.88. The predicted molar refractivity (Wildman–Crippen MR) is 97.1 cm³/mol. The number of benzene rings is 1. The van der Waals surface area contributed by atoms with Gasteiger partial charge in [-0.05, 0) is 55.2 Å². The van der Waals surface area contributed by atoms with Gasteiger partial charge in [0.05, 0.1) is 12.8 Å². The molecule has 0 aliphatic heterocycles. The van der Waals surface area contributed by atoms with E-state index in [4.69, 9.17) is 4.74 Å². The summed E-state index contributed by atoms with van der Waals surface area (Å²) < 4.78 is 5.66. The van der Waals surface area contributed by atoms with E-state index in [1.165, 1.54) is 25.7 Å². The highest BCUT2D eigenvalue weighted by Gasteiger charge is 2.26. The number of nitrogens with zero attached hydrogens (tertiary/aromatic N) is 2. The Morgan fingerprint density at radius 2 is 2.16 bits per heavy atom. The van der Waals surface area contributed by atoms with Crippen molar-refractivity contribution in [2.24, 2.45) is 5.10 Å². The molecule has 1 aliphatic rings. The van der Waals surface area contributed by atoms with Gasteiger partial charge in [-0.15, -0.1) is 0 Å². The molecule has 6 nitrogen and oxygen atoms in total. The van der Waals surface area contributed by atoms with Gasteiger partial charge in [0.25, 0.3) is 5.91 Å². The molecular weight excluding hydrogens is 316 g/mol. The van der Waals surface area contributed by atoms with Crippen LogP contribution in [0.1, 0.15) is 66.7 Å². The molecule has 0 radical (unpaired) electrons. The van der Waals surface area contributed by atoms with Crippen molar-refractivity contribution in [2.75, 3.05) is 6.61 Å². The monoisotopic (exact) mass is 340 g/mol. The van der Waals surface area contributed by atoms with Crippen LogP contribution in [-0.4, -0.2) is 28.9 Å². The van der Waals surface area contributed by atoms with Crippen molar-refractivity contribution >= 4 is 12.1 Å². The van der Waals surface area contributed by atoms with Crippen LogP contribution in [0.15, 0.2) is 35.4 Å². The second kappa shape index (κ2) is 8.46. The van der Waals surface area contributed by atoms with Crippen molar-refractivity contribution in [3.8, 4) is 5.75 Å². The Hall–Kier alpha value is -2.63. The molecule has 1 fully saturated rings. The minimum Gasteiger partial charge on any atom is -0.494 e. The van der Waals surface area contributed by atoms with E-state index < -0.39 is 0 Å². The highest BCUT2D eigenvalue weighted by molar-refractivity contribution is 5.93. The second-order valence-corrected chi connectivity index (χ2v) is 6.31. The fraction of sp³-hybridized carbons (Fsp3) is 0.421. The third kappa shape index (κ3) is 5.17. The average molecular weight is 340 g/mol. The smallest absolute Gasteiger partial charge is 0.291 e. The molecule has 1 aromatic heterocycles. The summed E-state index contributed by atoms with van der Waals surface area (Å²) in [6.07, 6.45) is 7.38. The minimum atomic E-state index is -0.310. The van der Waals surface area contributed by atoms with Crippen LogP contribution in [0.25, 0.3) is 0 Å². The molecule has 2 N–H and O–H groups in total. The van der Waals surface area contributed by atoms with E-state index in [0.29, 0.717) is 11.6 Å². The summed E-state index contributed by atoms with van der Waals surface area (Å²) in [6, 6.07) is 9.43. The van der Waals surface area contributed by atoms with Crippen LogP contribution in [0.2, 0.25) is 0 Å². The number of carbonyl (C=O) groups is 1. The summed E-state index contributed by atoms with van der Waals surface area (Å²) in [6.45, 7) is 2.91. The standard InChI is InChI=1S/C19H24N4O2/c1-2-3-4-11-25-16-9-5-14(6-10-16)13-20-23-19(24)18-12-17(21-22-18)15-7-8-15/h5-6,9-10,12-13,15H,2-4,7-8,11H2,1H3,(H,21,22)(H,23,24)/b20-13+. The Labute approximate surface area is 147 Å². The fourth-order valence-corrected chi connectivity index (χ4v) is 2.47. The van der Waals surface area contributed by atoms with Gasteiger partial charge in [-0.1, -0.05) is 19.8 Å². The molecule has 0 saturated heterocycles. The summed E-state index contributed by atoms with van der Waals surface area (Å²) in [5.41, 5.74) is 4.79. The molecule has 2 aromatic rings. The number of nitrogens with one attached hydrogen (secondary N) is 2. The lowest BCUT2D eigenvalue weighted by molar-refractivity contribution is 0.0950. The molecule has 6 heteroatoms. The van der Waals surface area contributed by atoms with Gasteiger partial charge in [0.2, 0.25) is 0 Å². The maximum absolute atomic E-state index is 12.0. The zero-order valence-electron chi connectivity index (χ0n) is 14.5. The number of aromatic amines is 1. The number of aromatic nitrogens is 2. The number of hydrazone groups is 1. The van der Waals surface area contributed by atoms with E-state index in [1.54, 1.807) is 12.3 Å². The largest absolute Gasteiger partial charge is 0.494 e. The predicted octanol–water partition coefficient (Wildman–Crippen LogP) is 3.62. The van der Waals surface area contributed by atoms with Crippen molar-refractivity contribution in [3.05, 3.63) is 47.3 Å². The van der Waals surface area contributed by atoms with Gasteiger partial charge >= 0.3 is 0 Å². The van der Waals surface area contributed by atoms with Crippen molar-refractivity contribution in [1.29, 1.82) is 0 Å². The SMILES string of the molecule is CCCCCOc1ccc(/C=N/NC(=O)c2cc(C3CC3)[nH]n2)cc1. The first kappa shape index (κ1) is 17.2. The number of H-pyrrole nitrogens is 1. The molecule has 132 valence electrons. The Balaban J connectivity index is 1.45. The van der Waals surface area contributed by atoms with Crippen LogP contribution in [0.4, 0.5) is 0 Å². The molecule has 0 unspecified atom stereocenters. The fourth-order valence-electron chi connectivity index (χ4n) is 2.47. The number of ether oxygens (including phenoxy) is 1. The summed E-state index contributed by atoms with van der Waals surface area (Å²) in [5, 5.41) is 10.9. The first-order valence-electron chi connectivity index (χ1n) is 8.88. The molecule has 1 aliphatic carbocycles. The highest BCUT2D eigenvalue weighted by atomic mass is 16.5. The number of hydrogen-bond acceptors (Lipinski definition) is 4. The third-order valence-corrected chi connectivity index (χ3v) is 4.12. The first-order chi connectivity index (χ1) is 12.3.